The lowest BCUT2D eigenvalue weighted by Crippen LogP contribution is -2.49. The Kier molecular flexibility index (Phi) is 5.23. The molecule has 1 aliphatic rings. The van der Waals surface area contributed by atoms with E-state index in [0.29, 0.717) is 19.0 Å². The number of carboxylic acid groups (broad SMARTS) is 1. The Bertz CT molecular complexity index is 493. The molecule has 0 amide bonds. The van der Waals surface area contributed by atoms with Crippen molar-refractivity contribution in [3.05, 3.63) is 29.3 Å². The van der Waals surface area contributed by atoms with Crippen LogP contribution in [-0.2, 0) is 11.3 Å². The van der Waals surface area contributed by atoms with Crippen LogP contribution in [0.4, 0.5) is 0 Å². The normalized spacial score (nSPS) is 16.0. The van der Waals surface area contributed by atoms with Crippen molar-refractivity contribution >= 4 is 5.97 Å². The minimum atomic E-state index is -0.684. The Morgan fingerprint density at radius 1 is 1.43 bits per heavy atom. The van der Waals surface area contributed by atoms with Crippen molar-refractivity contribution in [2.45, 2.75) is 33.7 Å². The van der Waals surface area contributed by atoms with Crippen LogP contribution in [-0.4, -0.2) is 35.7 Å². The van der Waals surface area contributed by atoms with Gasteiger partial charge in [0.1, 0.15) is 5.75 Å². The van der Waals surface area contributed by atoms with Crippen LogP contribution in [0.25, 0.3) is 0 Å². The second kappa shape index (κ2) is 6.94. The van der Waals surface area contributed by atoms with Crippen LogP contribution < -0.4 is 4.74 Å². The van der Waals surface area contributed by atoms with Gasteiger partial charge in [-0.1, -0.05) is 26.0 Å². The third-order valence-corrected chi connectivity index (χ3v) is 3.90. The van der Waals surface area contributed by atoms with Crippen molar-refractivity contribution in [1.82, 2.24) is 4.90 Å². The number of ether oxygens (including phenoxy) is 1. The molecule has 0 bridgehead atoms. The van der Waals surface area contributed by atoms with E-state index in [2.05, 4.69) is 37.8 Å². The summed E-state index contributed by atoms with van der Waals surface area (Å²) in [6.45, 7) is 9.32. The fraction of sp³-hybridized carbons (Fsp3) is 0.588. The molecule has 1 heterocycles. The minimum absolute atomic E-state index is 0.190. The van der Waals surface area contributed by atoms with Crippen molar-refractivity contribution in [2.24, 2.45) is 11.8 Å². The maximum Gasteiger partial charge on any atom is 0.309 e. The molecule has 1 aromatic carbocycles. The average Bonchev–Trinajstić information content (AvgIpc) is 2.35. The molecule has 0 aromatic heterocycles. The first kappa shape index (κ1) is 15.8. The summed E-state index contributed by atoms with van der Waals surface area (Å²) in [5.41, 5.74) is 2.36. The molecule has 0 spiro atoms. The van der Waals surface area contributed by atoms with Crippen molar-refractivity contribution in [2.75, 3.05) is 19.7 Å². The summed E-state index contributed by atoms with van der Waals surface area (Å²) in [6.07, 6.45) is 1.06. The molecule has 1 fully saturated rings. The van der Waals surface area contributed by atoms with E-state index in [0.717, 1.165) is 30.9 Å². The van der Waals surface area contributed by atoms with Gasteiger partial charge in [-0.05, 0) is 36.5 Å². The largest absolute Gasteiger partial charge is 0.493 e. The number of aryl methyl sites for hydroxylation is 1. The highest BCUT2D eigenvalue weighted by atomic mass is 16.5. The molecule has 0 saturated carbocycles. The van der Waals surface area contributed by atoms with Crippen molar-refractivity contribution in [1.29, 1.82) is 0 Å². The molecule has 0 atom stereocenters. The fourth-order valence-corrected chi connectivity index (χ4v) is 2.49. The molecule has 1 aliphatic heterocycles. The molecular formula is C17H25NO3. The van der Waals surface area contributed by atoms with Crippen LogP contribution in [0.5, 0.6) is 5.75 Å². The van der Waals surface area contributed by atoms with Crippen molar-refractivity contribution < 1.29 is 14.6 Å². The van der Waals surface area contributed by atoms with Crippen LogP contribution >= 0.6 is 0 Å². The SMILES string of the molecule is Cc1cc(CN2CC(C(=O)O)C2)ccc1OCCC(C)C. The number of carboxylic acids is 1. The highest BCUT2D eigenvalue weighted by Gasteiger charge is 2.32. The molecule has 4 heteroatoms. The van der Waals surface area contributed by atoms with Crippen LogP contribution in [0, 0.1) is 18.8 Å². The summed E-state index contributed by atoms with van der Waals surface area (Å²) < 4.78 is 5.81. The lowest BCUT2D eigenvalue weighted by atomic mass is 9.99. The lowest BCUT2D eigenvalue weighted by Gasteiger charge is -2.36. The van der Waals surface area contributed by atoms with E-state index in [1.807, 2.05) is 6.07 Å². The van der Waals surface area contributed by atoms with Crippen LogP contribution in [0.15, 0.2) is 18.2 Å². The van der Waals surface area contributed by atoms with Gasteiger partial charge >= 0.3 is 5.97 Å². The molecule has 116 valence electrons. The number of aliphatic carboxylic acids is 1. The Balaban J connectivity index is 1.83. The Morgan fingerprint density at radius 3 is 2.71 bits per heavy atom. The van der Waals surface area contributed by atoms with Gasteiger partial charge in [-0.15, -0.1) is 0 Å². The molecule has 1 N–H and O–H groups in total. The molecule has 21 heavy (non-hydrogen) atoms. The summed E-state index contributed by atoms with van der Waals surface area (Å²) in [5.74, 6) is 0.727. The van der Waals surface area contributed by atoms with Gasteiger partial charge in [0, 0.05) is 19.6 Å². The van der Waals surface area contributed by atoms with Crippen LogP contribution in [0.2, 0.25) is 0 Å². The topological polar surface area (TPSA) is 49.8 Å². The molecule has 1 saturated heterocycles. The first-order valence-corrected chi connectivity index (χ1v) is 7.63. The standard InChI is InChI=1S/C17H25NO3/c1-12(2)6-7-21-16-5-4-14(8-13(16)3)9-18-10-15(11-18)17(19)20/h4-5,8,12,15H,6-7,9-11H2,1-3H3,(H,19,20). The molecule has 1 aromatic rings. The summed E-state index contributed by atoms with van der Waals surface area (Å²) in [4.78, 5) is 12.9. The number of carbonyl (C=O) groups is 1. The summed E-state index contributed by atoms with van der Waals surface area (Å²) in [5, 5.41) is 8.88. The van der Waals surface area contributed by atoms with Gasteiger partial charge in [0.2, 0.25) is 0 Å². The van der Waals surface area contributed by atoms with Gasteiger partial charge in [0.15, 0.2) is 0 Å². The van der Waals surface area contributed by atoms with Crippen LogP contribution in [0.3, 0.4) is 0 Å². The maximum absolute atomic E-state index is 10.8. The van der Waals surface area contributed by atoms with Gasteiger partial charge in [-0.2, -0.15) is 0 Å². The first-order valence-electron chi connectivity index (χ1n) is 7.63. The van der Waals surface area contributed by atoms with Gasteiger partial charge in [-0.3, -0.25) is 9.69 Å². The zero-order valence-electron chi connectivity index (χ0n) is 13.1. The zero-order chi connectivity index (χ0) is 15.4. The Labute approximate surface area is 126 Å². The van der Waals surface area contributed by atoms with E-state index in [9.17, 15) is 4.79 Å². The minimum Gasteiger partial charge on any atom is -0.493 e. The quantitative estimate of drug-likeness (QED) is 0.839. The van der Waals surface area contributed by atoms with Crippen molar-refractivity contribution in [3.8, 4) is 5.75 Å². The summed E-state index contributed by atoms with van der Waals surface area (Å²) >= 11 is 0. The first-order chi connectivity index (χ1) is 9.95. The molecule has 2 rings (SSSR count). The predicted octanol–water partition coefficient (Wildman–Crippen LogP) is 2.94. The van der Waals surface area contributed by atoms with E-state index < -0.39 is 5.97 Å². The maximum atomic E-state index is 10.8. The van der Waals surface area contributed by atoms with E-state index in [4.69, 9.17) is 9.84 Å². The Morgan fingerprint density at radius 2 is 2.14 bits per heavy atom. The summed E-state index contributed by atoms with van der Waals surface area (Å²) in [6, 6.07) is 6.24. The average molecular weight is 291 g/mol. The number of likely N-dealkylation sites (tertiary alicyclic amines) is 1. The Hall–Kier alpha value is -1.55. The number of hydrogen-bond donors (Lipinski definition) is 1. The molecule has 0 unspecified atom stereocenters. The number of nitrogens with zero attached hydrogens (tertiary/aromatic N) is 1. The smallest absolute Gasteiger partial charge is 0.309 e. The number of benzene rings is 1. The second-order valence-electron chi connectivity index (χ2n) is 6.36. The third-order valence-electron chi connectivity index (χ3n) is 3.90. The highest BCUT2D eigenvalue weighted by molar-refractivity contribution is 5.71. The van der Waals surface area contributed by atoms with E-state index in [1.165, 1.54) is 5.56 Å². The second-order valence-corrected chi connectivity index (χ2v) is 6.36. The predicted molar refractivity (Wildman–Crippen MR) is 82.5 cm³/mol. The van der Waals surface area contributed by atoms with Gasteiger partial charge in [-0.25, -0.2) is 0 Å². The van der Waals surface area contributed by atoms with Gasteiger partial charge in [0.25, 0.3) is 0 Å². The summed E-state index contributed by atoms with van der Waals surface area (Å²) in [7, 11) is 0. The fourth-order valence-electron chi connectivity index (χ4n) is 2.49. The monoisotopic (exact) mass is 291 g/mol. The molecule has 4 nitrogen and oxygen atoms in total. The molecule has 0 radical (unpaired) electrons. The number of hydrogen-bond acceptors (Lipinski definition) is 3. The van der Waals surface area contributed by atoms with Gasteiger partial charge in [0.05, 0.1) is 12.5 Å². The van der Waals surface area contributed by atoms with Crippen molar-refractivity contribution in [3.63, 3.8) is 0 Å². The van der Waals surface area contributed by atoms with Crippen LogP contribution in [0.1, 0.15) is 31.4 Å². The number of rotatable bonds is 7. The van der Waals surface area contributed by atoms with E-state index in [-0.39, 0.29) is 5.92 Å². The third kappa shape index (κ3) is 4.46. The van der Waals surface area contributed by atoms with Gasteiger partial charge < -0.3 is 9.84 Å². The molecular weight excluding hydrogens is 266 g/mol. The van der Waals surface area contributed by atoms with E-state index >= 15 is 0 Å². The highest BCUT2D eigenvalue weighted by Crippen LogP contribution is 2.23. The van der Waals surface area contributed by atoms with E-state index in [1.54, 1.807) is 0 Å². The lowest BCUT2D eigenvalue weighted by molar-refractivity contribution is -0.147. The molecule has 0 aliphatic carbocycles. The zero-order valence-corrected chi connectivity index (χ0v) is 13.1.